The molecule has 0 bridgehead atoms. The van der Waals surface area contributed by atoms with Gasteiger partial charge in [-0.05, 0) is 38.4 Å². The van der Waals surface area contributed by atoms with Gasteiger partial charge >= 0.3 is 0 Å². The zero-order chi connectivity index (χ0) is 17.1. The fraction of sp³-hybridized carbons (Fsp3) is 0.550. The third-order valence-corrected chi connectivity index (χ3v) is 5.29. The lowest BCUT2D eigenvalue weighted by atomic mass is 9.92. The summed E-state index contributed by atoms with van der Waals surface area (Å²) in [5.41, 5.74) is 3.92. The Labute approximate surface area is 146 Å². The van der Waals surface area contributed by atoms with Crippen molar-refractivity contribution in [3.05, 3.63) is 53.3 Å². The molecule has 1 aliphatic rings. The Kier molecular flexibility index (Phi) is 5.36. The molecular formula is C20H30N4. The third-order valence-electron chi connectivity index (χ3n) is 5.29. The van der Waals surface area contributed by atoms with Crippen LogP contribution in [-0.2, 0) is 20.1 Å². The molecule has 2 heterocycles. The maximum Gasteiger partial charge on any atom is 0.0638 e. The summed E-state index contributed by atoms with van der Waals surface area (Å²) in [5, 5.41) is 4.47. The van der Waals surface area contributed by atoms with Gasteiger partial charge in [0.2, 0.25) is 0 Å². The molecule has 4 heteroatoms. The Morgan fingerprint density at radius 2 is 2.00 bits per heavy atom. The average Bonchev–Trinajstić information content (AvgIpc) is 2.86. The Balaban J connectivity index is 1.56. The summed E-state index contributed by atoms with van der Waals surface area (Å²) < 4.78 is 1.92. The van der Waals surface area contributed by atoms with E-state index in [2.05, 4.69) is 72.3 Å². The fourth-order valence-corrected chi connectivity index (χ4v) is 4.05. The van der Waals surface area contributed by atoms with Crippen molar-refractivity contribution in [3.8, 4) is 0 Å². The molecule has 2 atom stereocenters. The highest BCUT2D eigenvalue weighted by atomic mass is 15.3. The van der Waals surface area contributed by atoms with Gasteiger partial charge in [-0.1, -0.05) is 37.3 Å². The van der Waals surface area contributed by atoms with Crippen LogP contribution in [0.1, 0.15) is 30.2 Å². The van der Waals surface area contributed by atoms with Gasteiger partial charge < -0.3 is 0 Å². The zero-order valence-corrected chi connectivity index (χ0v) is 15.4. The summed E-state index contributed by atoms with van der Waals surface area (Å²) in [6, 6.07) is 11.5. The molecule has 0 radical (unpaired) electrons. The van der Waals surface area contributed by atoms with E-state index in [1.165, 1.54) is 30.6 Å². The van der Waals surface area contributed by atoms with Crippen LogP contribution in [0, 0.1) is 12.8 Å². The highest BCUT2D eigenvalue weighted by Crippen LogP contribution is 2.24. The van der Waals surface area contributed by atoms with Crippen LogP contribution in [0.4, 0.5) is 0 Å². The second-order valence-corrected chi connectivity index (χ2v) is 7.38. The summed E-state index contributed by atoms with van der Waals surface area (Å²) in [6.45, 7) is 8.93. The van der Waals surface area contributed by atoms with E-state index >= 15 is 0 Å². The third kappa shape index (κ3) is 4.05. The molecule has 0 spiro atoms. The van der Waals surface area contributed by atoms with Gasteiger partial charge in [-0.3, -0.25) is 14.5 Å². The molecular weight excluding hydrogens is 296 g/mol. The lowest BCUT2D eigenvalue weighted by molar-refractivity contribution is 0.0718. The monoisotopic (exact) mass is 326 g/mol. The van der Waals surface area contributed by atoms with E-state index in [-0.39, 0.29) is 0 Å². The highest BCUT2D eigenvalue weighted by molar-refractivity contribution is 5.16. The van der Waals surface area contributed by atoms with Gasteiger partial charge in [0, 0.05) is 44.5 Å². The van der Waals surface area contributed by atoms with Crippen LogP contribution in [0.15, 0.2) is 36.5 Å². The summed E-state index contributed by atoms with van der Waals surface area (Å²) in [6.07, 6.45) is 3.39. The van der Waals surface area contributed by atoms with Crippen molar-refractivity contribution in [1.82, 2.24) is 19.6 Å². The van der Waals surface area contributed by atoms with Crippen LogP contribution in [0.25, 0.3) is 0 Å². The van der Waals surface area contributed by atoms with Gasteiger partial charge in [-0.15, -0.1) is 0 Å². The fourth-order valence-electron chi connectivity index (χ4n) is 4.05. The molecule has 1 aliphatic heterocycles. The maximum atomic E-state index is 4.47. The van der Waals surface area contributed by atoms with E-state index in [9.17, 15) is 0 Å². The summed E-state index contributed by atoms with van der Waals surface area (Å²) in [4.78, 5) is 5.12. The maximum absolute atomic E-state index is 4.47. The van der Waals surface area contributed by atoms with Crippen molar-refractivity contribution in [3.63, 3.8) is 0 Å². The average molecular weight is 326 g/mol. The number of likely N-dealkylation sites (tertiary alicyclic amines) is 1. The Morgan fingerprint density at radius 3 is 2.62 bits per heavy atom. The van der Waals surface area contributed by atoms with Crippen LogP contribution in [0.2, 0.25) is 0 Å². The number of hydrogen-bond acceptors (Lipinski definition) is 3. The molecule has 1 saturated heterocycles. The molecule has 0 aliphatic carbocycles. The number of benzene rings is 1. The minimum Gasteiger partial charge on any atom is -0.299 e. The first-order valence-corrected chi connectivity index (χ1v) is 8.98. The molecule has 0 amide bonds. The highest BCUT2D eigenvalue weighted by Gasteiger charge is 2.29. The smallest absolute Gasteiger partial charge is 0.0638 e. The second-order valence-electron chi connectivity index (χ2n) is 7.38. The van der Waals surface area contributed by atoms with Gasteiger partial charge in [-0.25, -0.2) is 0 Å². The lowest BCUT2D eigenvalue weighted by Crippen LogP contribution is -2.48. The molecule has 4 nitrogen and oxygen atoms in total. The summed E-state index contributed by atoms with van der Waals surface area (Å²) in [5.74, 6) is 0.685. The first kappa shape index (κ1) is 17.2. The Bertz CT molecular complexity index is 649. The minimum atomic E-state index is 0.650. The van der Waals surface area contributed by atoms with E-state index in [4.69, 9.17) is 0 Å². The van der Waals surface area contributed by atoms with E-state index in [1.54, 1.807) is 0 Å². The number of aryl methyl sites for hydroxylation is 2. The molecule has 1 fully saturated rings. The topological polar surface area (TPSA) is 24.3 Å². The number of nitrogens with zero attached hydrogens (tertiary/aromatic N) is 4. The van der Waals surface area contributed by atoms with Gasteiger partial charge in [0.25, 0.3) is 0 Å². The molecule has 24 heavy (non-hydrogen) atoms. The van der Waals surface area contributed by atoms with Crippen LogP contribution in [0.5, 0.6) is 0 Å². The van der Waals surface area contributed by atoms with Crippen molar-refractivity contribution in [2.24, 2.45) is 13.0 Å². The van der Waals surface area contributed by atoms with E-state index < -0.39 is 0 Å². The molecule has 130 valence electrons. The van der Waals surface area contributed by atoms with Crippen LogP contribution < -0.4 is 0 Å². The van der Waals surface area contributed by atoms with Crippen LogP contribution >= 0.6 is 0 Å². The predicted molar refractivity (Wildman–Crippen MR) is 98.7 cm³/mol. The number of aromatic nitrogens is 2. The molecule has 1 aromatic carbocycles. The number of hydrogen-bond donors (Lipinski definition) is 0. The minimum absolute atomic E-state index is 0.650. The van der Waals surface area contributed by atoms with Crippen molar-refractivity contribution in [2.45, 2.75) is 39.4 Å². The largest absolute Gasteiger partial charge is 0.299 e. The first-order chi connectivity index (χ1) is 11.5. The Hall–Kier alpha value is -1.65. The van der Waals surface area contributed by atoms with Crippen molar-refractivity contribution in [1.29, 1.82) is 0 Å². The molecule has 0 N–H and O–H groups in total. The van der Waals surface area contributed by atoms with Crippen LogP contribution in [0.3, 0.4) is 0 Å². The van der Waals surface area contributed by atoms with E-state index in [0.717, 1.165) is 18.8 Å². The molecule has 2 aromatic rings. The lowest BCUT2D eigenvalue weighted by Gasteiger charge is -2.41. The van der Waals surface area contributed by atoms with E-state index in [1.807, 2.05) is 11.7 Å². The number of piperidine rings is 1. The molecule has 3 rings (SSSR count). The summed E-state index contributed by atoms with van der Waals surface area (Å²) >= 11 is 0. The van der Waals surface area contributed by atoms with Gasteiger partial charge in [0.1, 0.15) is 0 Å². The standard InChI is InChI=1S/C20H30N4/c1-16-12-24(13-18-8-6-5-7-9-18)11-10-20(16)22(3)14-19-15-23(4)21-17(19)2/h5-9,15-16,20H,10-14H2,1-4H3/t16-,20+/m1/s1. The first-order valence-electron chi connectivity index (χ1n) is 8.98. The molecule has 0 unspecified atom stereocenters. The van der Waals surface area contributed by atoms with Crippen molar-refractivity contribution in [2.75, 3.05) is 20.1 Å². The van der Waals surface area contributed by atoms with Crippen molar-refractivity contribution >= 4 is 0 Å². The molecule has 1 aromatic heterocycles. The normalized spacial score (nSPS) is 22.2. The second kappa shape index (κ2) is 7.49. The molecule has 0 saturated carbocycles. The number of rotatable bonds is 5. The van der Waals surface area contributed by atoms with Gasteiger partial charge in [0.05, 0.1) is 5.69 Å². The Morgan fingerprint density at radius 1 is 1.25 bits per heavy atom. The van der Waals surface area contributed by atoms with Gasteiger partial charge in [-0.2, -0.15) is 5.10 Å². The van der Waals surface area contributed by atoms with Gasteiger partial charge in [0.15, 0.2) is 0 Å². The zero-order valence-electron chi connectivity index (χ0n) is 15.4. The quantitative estimate of drug-likeness (QED) is 0.844. The van der Waals surface area contributed by atoms with Crippen LogP contribution in [-0.4, -0.2) is 45.8 Å². The van der Waals surface area contributed by atoms with E-state index in [0.29, 0.717) is 12.0 Å². The SMILES string of the molecule is Cc1nn(C)cc1CN(C)[C@H]1CCN(Cc2ccccc2)C[C@H]1C. The van der Waals surface area contributed by atoms with Crippen molar-refractivity contribution < 1.29 is 0 Å². The summed E-state index contributed by atoms with van der Waals surface area (Å²) in [7, 11) is 4.27. The predicted octanol–water partition coefficient (Wildman–Crippen LogP) is 3.07.